The molecule has 0 aliphatic carbocycles. The van der Waals surface area contributed by atoms with E-state index in [1.54, 1.807) is 6.92 Å². The first kappa shape index (κ1) is 11.1. The third-order valence-corrected chi connectivity index (χ3v) is 2.35. The molecule has 0 aliphatic rings. The fraction of sp³-hybridized carbons (Fsp3) is 0.300. The number of carbonyl (C=O) groups excluding carboxylic acids is 1. The van der Waals surface area contributed by atoms with Gasteiger partial charge in [-0.25, -0.2) is 8.78 Å². The first-order valence-corrected chi connectivity index (χ1v) is 4.63. The van der Waals surface area contributed by atoms with E-state index in [1.807, 2.05) is 0 Å². The molecule has 76 valence electrons. The second-order valence-electron chi connectivity index (χ2n) is 2.86. The molecule has 0 saturated carbocycles. The summed E-state index contributed by atoms with van der Waals surface area (Å²) in [6.45, 7) is 1.72. The van der Waals surface area contributed by atoms with Gasteiger partial charge in [0.15, 0.2) is 5.78 Å². The van der Waals surface area contributed by atoms with E-state index in [0.717, 1.165) is 12.1 Å². The van der Waals surface area contributed by atoms with Gasteiger partial charge in [0.05, 0.1) is 10.9 Å². The normalized spacial score (nSPS) is 12.6. The SMILES string of the molecule is CCC(Cl)C(=O)c1ccc(F)cc1F. The van der Waals surface area contributed by atoms with Crippen LogP contribution in [0.5, 0.6) is 0 Å². The zero-order valence-corrected chi connectivity index (χ0v) is 8.31. The van der Waals surface area contributed by atoms with Crippen LogP contribution in [0, 0.1) is 11.6 Å². The number of hydrogen-bond donors (Lipinski definition) is 0. The van der Waals surface area contributed by atoms with Crippen LogP contribution in [0.15, 0.2) is 18.2 Å². The summed E-state index contributed by atoms with van der Waals surface area (Å²) in [4.78, 5) is 11.4. The molecular formula is C10H9ClF2O. The third kappa shape index (κ3) is 2.29. The lowest BCUT2D eigenvalue weighted by Gasteiger charge is -2.06. The molecule has 0 amide bonds. The summed E-state index contributed by atoms with van der Waals surface area (Å²) in [7, 11) is 0. The summed E-state index contributed by atoms with van der Waals surface area (Å²) < 4.78 is 25.6. The van der Waals surface area contributed by atoms with Gasteiger partial charge in [0.25, 0.3) is 0 Å². The number of Topliss-reactive ketones (excluding diaryl/α,β-unsaturated/α-hetero) is 1. The maximum Gasteiger partial charge on any atom is 0.183 e. The minimum absolute atomic E-state index is 0.159. The summed E-state index contributed by atoms with van der Waals surface area (Å²) in [6, 6.07) is 2.82. The highest BCUT2D eigenvalue weighted by Gasteiger charge is 2.19. The number of halogens is 3. The van der Waals surface area contributed by atoms with Gasteiger partial charge in [0.1, 0.15) is 11.6 Å². The molecule has 1 aromatic rings. The van der Waals surface area contributed by atoms with E-state index in [9.17, 15) is 13.6 Å². The lowest BCUT2D eigenvalue weighted by atomic mass is 10.1. The van der Waals surface area contributed by atoms with Gasteiger partial charge in [-0.2, -0.15) is 0 Å². The number of carbonyl (C=O) groups is 1. The van der Waals surface area contributed by atoms with Crippen LogP contribution in [0.3, 0.4) is 0 Å². The summed E-state index contributed by atoms with van der Waals surface area (Å²) in [5.74, 6) is -2.08. The van der Waals surface area contributed by atoms with Crippen LogP contribution in [0.1, 0.15) is 23.7 Å². The van der Waals surface area contributed by atoms with Crippen LogP contribution >= 0.6 is 11.6 Å². The van der Waals surface area contributed by atoms with Crippen molar-refractivity contribution in [3.8, 4) is 0 Å². The Morgan fingerprint density at radius 1 is 1.50 bits per heavy atom. The van der Waals surface area contributed by atoms with Gasteiger partial charge in [-0.1, -0.05) is 6.92 Å². The van der Waals surface area contributed by atoms with E-state index in [0.29, 0.717) is 12.5 Å². The number of rotatable bonds is 3. The summed E-state index contributed by atoms with van der Waals surface area (Å²) in [6.07, 6.45) is 0.414. The van der Waals surface area contributed by atoms with Gasteiger partial charge >= 0.3 is 0 Å². The molecule has 4 heteroatoms. The molecule has 0 bridgehead atoms. The minimum Gasteiger partial charge on any atom is -0.292 e. The number of alkyl halides is 1. The quantitative estimate of drug-likeness (QED) is 0.563. The van der Waals surface area contributed by atoms with Crippen LogP contribution in [0.2, 0.25) is 0 Å². The van der Waals surface area contributed by atoms with Crippen LogP contribution in [-0.2, 0) is 0 Å². The molecule has 0 spiro atoms. The Bertz CT molecular complexity index is 352. The highest BCUT2D eigenvalue weighted by Crippen LogP contribution is 2.15. The van der Waals surface area contributed by atoms with E-state index in [2.05, 4.69) is 0 Å². The van der Waals surface area contributed by atoms with Gasteiger partial charge in [0.2, 0.25) is 0 Å². The third-order valence-electron chi connectivity index (χ3n) is 1.84. The van der Waals surface area contributed by atoms with E-state index in [1.165, 1.54) is 0 Å². The Hall–Kier alpha value is -0.960. The van der Waals surface area contributed by atoms with E-state index < -0.39 is 22.8 Å². The molecule has 0 fully saturated rings. The van der Waals surface area contributed by atoms with Crippen molar-refractivity contribution in [3.63, 3.8) is 0 Å². The smallest absolute Gasteiger partial charge is 0.183 e. The molecule has 0 aromatic heterocycles. The Morgan fingerprint density at radius 3 is 2.64 bits per heavy atom. The predicted molar refractivity (Wildman–Crippen MR) is 50.6 cm³/mol. The van der Waals surface area contributed by atoms with Crippen LogP contribution in [0.4, 0.5) is 8.78 Å². The zero-order valence-electron chi connectivity index (χ0n) is 7.56. The largest absolute Gasteiger partial charge is 0.292 e. The van der Waals surface area contributed by atoms with Crippen molar-refractivity contribution < 1.29 is 13.6 Å². The highest BCUT2D eigenvalue weighted by molar-refractivity contribution is 6.33. The number of benzene rings is 1. The van der Waals surface area contributed by atoms with E-state index in [-0.39, 0.29) is 5.56 Å². The monoisotopic (exact) mass is 218 g/mol. The molecule has 0 aliphatic heterocycles. The lowest BCUT2D eigenvalue weighted by molar-refractivity contribution is 0.0981. The first-order valence-electron chi connectivity index (χ1n) is 4.19. The summed E-state index contributed by atoms with van der Waals surface area (Å²) in [5, 5.41) is -0.755. The standard InChI is InChI=1S/C10H9ClF2O/c1-2-8(11)10(14)7-4-3-6(12)5-9(7)13/h3-5,8H,2H2,1H3. The topological polar surface area (TPSA) is 17.1 Å². The zero-order chi connectivity index (χ0) is 10.7. The van der Waals surface area contributed by atoms with Gasteiger partial charge in [-0.3, -0.25) is 4.79 Å². The van der Waals surface area contributed by atoms with Gasteiger partial charge in [-0.15, -0.1) is 11.6 Å². The van der Waals surface area contributed by atoms with E-state index in [4.69, 9.17) is 11.6 Å². The predicted octanol–water partition coefficient (Wildman–Crippen LogP) is 3.16. The van der Waals surface area contributed by atoms with Crippen molar-refractivity contribution >= 4 is 17.4 Å². The van der Waals surface area contributed by atoms with Crippen LogP contribution < -0.4 is 0 Å². The molecule has 1 nitrogen and oxygen atoms in total. The Labute approximate surface area is 85.7 Å². The van der Waals surface area contributed by atoms with Gasteiger partial charge < -0.3 is 0 Å². The molecule has 1 aromatic carbocycles. The molecule has 1 unspecified atom stereocenters. The second-order valence-corrected chi connectivity index (χ2v) is 3.39. The van der Waals surface area contributed by atoms with Crippen molar-refractivity contribution in [3.05, 3.63) is 35.4 Å². The summed E-state index contributed by atoms with van der Waals surface area (Å²) in [5.41, 5.74) is -0.159. The first-order chi connectivity index (χ1) is 6.56. The van der Waals surface area contributed by atoms with Crippen molar-refractivity contribution in [1.29, 1.82) is 0 Å². The average molecular weight is 219 g/mol. The van der Waals surface area contributed by atoms with Gasteiger partial charge in [-0.05, 0) is 18.6 Å². The van der Waals surface area contributed by atoms with Crippen molar-refractivity contribution in [2.45, 2.75) is 18.7 Å². The molecule has 1 atom stereocenters. The average Bonchev–Trinajstić information content (AvgIpc) is 2.15. The molecule has 0 heterocycles. The minimum atomic E-state index is -0.867. The maximum atomic E-state index is 13.1. The van der Waals surface area contributed by atoms with Crippen molar-refractivity contribution in [2.24, 2.45) is 0 Å². The molecule has 0 N–H and O–H groups in total. The Balaban J connectivity index is 3.02. The molecule has 0 saturated heterocycles. The maximum absolute atomic E-state index is 13.1. The van der Waals surface area contributed by atoms with Crippen LogP contribution in [-0.4, -0.2) is 11.2 Å². The summed E-state index contributed by atoms with van der Waals surface area (Å²) >= 11 is 5.65. The fourth-order valence-corrected chi connectivity index (χ4v) is 1.16. The molecular weight excluding hydrogens is 210 g/mol. The van der Waals surface area contributed by atoms with Crippen molar-refractivity contribution in [2.75, 3.05) is 0 Å². The second kappa shape index (κ2) is 4.51. The van der Waals surface area contributed by atoms with Gasteiger partial charge in [0, 0.05) is 6.07 Å². The van der Waals surface area contributed by atoms with Crippen LogP contribution in [0.25, 0.3) is 0 Å². The number of ketones is 1. The highest BCUT2D eigenvalue weighted by atomic mass is 35.5. The fourth-order valence-electron chi connectivity index (χ4n) is 1.04. The molecule has 1 rings (SSSR count). The molecule has 0 radical (unpaired) electrons. The molecule has 14 heavy (non-hydrogen) atoms. The van der Waals surface area contributed by atoms with Crippen molar-refractivity contribution in [1.82, 2.24) is 0 Å². The Kier molecular flexibility index (Phi) is 3.58. The lowest BCUT2D eigenvalue weighted by Crippen LogP contribution is -2.15. The number of hydrogen-bond acceptors (Lipinski definition) is 1. The Morgan fingerprint density at radius 2 is 2.14 bits per heavy atom. The van der Waals surface area contributed by atoms with E-state index >= 15 is 0 Å².